The Balaban J connectivity index is 0.000000523. The largest absolute Gasteiger partial charge is 0.481 e. The average molecular weight is 490 g/mol. The summed E-state index contributed by atoms with van der Waals surface area (Å²) in [6.07, 6.45) is 14.4. The van der Waals surface area contributed by atoms with E-state index in [1.807, 2.05) is 34.6 Å². The molecule has 1 heterocycles. The van der Waals surface area contributed by atoms with Gasteiger partial charge in [-0.3, -0.25) is 4.79 Å². The van der Waals surface area contributed by atoms with Gasteiger partial charge in [-0.15, -0.1) is 0 Å². The van der Waals surface area contributed by atoms with Gasteiger partial charge in [0.05, 0.1) is 30.1 Å². The van der Waals surface area contributed by atoms with Crippen molar-refractivity contribution in [1.29, 1.82) is 5.26 Å². The Morgan fingerprint density at radius 1 is 1.17 bits per heavy atom. The second kappa shape index (κ2) is 14.2. The van der Waals surface area contributed by atoms with E-state index in [-0.39, 0.29) is 12.2 Å². The first-order valence-corrected chi connectivity index (χ1v) is 13.7. The summed E-state index contributed by atoms with van der Waals surface area (Å²) in [5, 5.41) is 17.5. The van der Waals surface area contributed by atoms with Crippen molar-refractivity contribution >= 4 is 5.97 Å². The summed E-state index contributed by atoms with van der Waals surface area (Å²) in [4.78, 5) is 10.3. The summed E-state index contributed by atoms with van der Waals surface area (Å²) in [5.74, 6) is 1.50. The summed E-state index contributed by atoms with van der Waals surface area (Å²) >= 11 is 0. The van der Waals surface area contributed by atoms with E-state index < -0.39 is 17.2 Å². The number of fused-ring (bicyclic) bond motifs is 1. The number of rotatable bonds is 6. The lowest BCUT2D eigenvalue weighted by molar-refractivity contribution is -0.299. The van der Waals surface area contributed by atoms with Gasteiger partial charge in [0.2, 0.25) is 0 Å². The molecule has 1 fully saturated rings. The molecule has 200 valence electrons. The Morgan fingerprint density at radius 3 is 2.34 bits per heavy atom. The lowest BCUT2D eigenvalue weighted by Gasteiger charge is -2.42. The zero-order valence-electron chi connectivity index (χ0n) is 23.8. The van der Waals surface area contributed by atoms with Gasteiger partial charge in [-0.1, -0.05) is 52.8 Å². The van der Waals surface area contributed by atoms with E-state index >= 15 is 0 Å². The number of ether oxygens (including phenoxy) is 2. The summed E-state index contributed by atoms with van der Waals surface area (Å²) in [6, 6.07) is 2.25. The molecule has 0 radical (unpaired) electrons. The molecule has 6 atom stereocenters. The summed E-state index contributed by atoms with van der Waals surface area (Å²) in [5.41, 5.74) is 1.03. The molecule has 1 aliphatic heterocycles. The van der Waals surface area contributed by atoms with Crippen molar-refractivity contribution in [3.05, 3.63) is 23.8 Å². The minimum Gasteiger partial charge on any atom is -0.481 e. The number of carboxylic acid groups (broad SMARTS) is 1. The van der Waals surface area contributed by atoms with Gasteiger partial charge in [0.15, 0.2) is 5.79 Å². The molecule has 0 saturated carbocycles. The topological polar surface area (TPSA) is 79.5 Å². The number of hydrogen-bond acceptors (Lipinski definition) is 4. The third kappa shape index (κ3) is 9.73. The van der Waals surface area contributed by atoms with Gasteiger partial charge < -0.3 is 14.6 Å². The summed E-state index contributed by atoms with van der Waals surface area (Å²) < 4.78 is 12.1. The number of carboxylic acids is 1. The van der Waals surface area contributed by atoms with Crippen LogP contribution in [-0.2, 0) is 14.3 Å². The highest BCUT2D eigenvalue weighted by molar-refractivity contribution is 5.73. The SMILES string of the molecule is CC.CC1C=C2C=C[C@H](C)[C@H](CC[C@@H]3C[C@H](CC#N)OC(C)(C)O3)[C@H]2CC1.CCC(C)(C)C(=O)O. The third-order valence-electron chi connectivity index (χ3n) is 7.65. The maximum absolute atomic E-state index is 10.3. The highest BCUT2D eigenvalue weighted by Gasteiger charge is 2.37. The van der Waals surface area contributed by atoms with E-state index in [0.29, 0.717) is 24.7 Å². The molecule has 0 aromatic carbocycles. The minimum absolute atomic E-state index is 0.00779. The Kier molecular flexibility index (Phi) is 12.7. The number of nitrogens with zero attached hydrogens (tertiary/aromatic N) is 1. The molecular formula is C30H51NO4. The quantitative estimate of drug-likeness (QED) is 0.410. The molecule has 35 heavy (non-hydrogen) atoms. The zero-order chi connectivity index (χ0) is 26.8. The van der Waals surface area contributed by atoms with Gasteiger partial charge in [0.1, 0.15) is 0 Å². The first-order valence-electron chi connectivity index (χ1n) is 13.7. The molecule has 5 nitrogen and oxygen atoms in total. The smallest absolute Gasteiger partial charge is 0.309 e. The molecule has 0 spiro atoms. The standard InChI is InChI=1S/C22H33NO2.C6H12O2.C2H6/c1-15-5-9-21-17(13-15)7-6-16(2)20(21)10-8-18-14-19(11-12-23)25-22(3,4)24-18;1-4-6(2,3)5(7)8;1-2/h6-7,13,15-16,18-21H,5,8-11,14H2,1-4H3;4H2,1-3H3,(H,7,8);1-2H3/t15?,16-,18+,19-,20-,21-;;/m0../s1. The number of hydrogen-bond donors (Lipinski definition) is 1. The molecule has 5 heteroatoms. The third-order valence-corrected chi connectivity index (χ3v) is 7.65. The second-order valence-corrected chi connectivity index (χ2v) is 11.3. The maximum Gasteiger partial charge on any atom is 0.309 e. The summed E-state index contributed by atoms with van der Waals surface area (Å²) in [6.45, 7) is 17.9. The molecule has 0 aromatic rings. The Labute approximate surface area is 215 Å². The average Bonchev–Trinajstić information content (AvgIpc) is 2.79. The fourth-order valence-electron chi connectivity index (χ4n) is 5.17. The number of carbonyl (C=O) groups is 1. The van der Waals surface area contributed by atoms with Crippen LogP contribution in [-0.4, -0.2) is 29.1 Å². The van der Waals surface area contributed by atoms with Crippen molar-refractivity contribution in [2.45, 2.75) is 125 Å². The fraction of sp³-hybridized carbons (Fsp3) is 0.800. The van der Waals surface area contributed by atoms with Gasteiger partial charge in [0.25, 0.3) is 0 Å². The second-order valence-electron chi connectivity index (χ2n) is 11.3. The van der Waals surface area contributed by atoms with Crippen LogP contribution in [0.5, 0.6) is 0 Å². The zero-order valence-corrected chi connectivity index (χ0v) is 23.8. The van der Waals surface area contributed by atoms with Crippen LogP contribution >= 0.6 is 0 Å². The fourth-order valence-corrected chi connectivity index (χ4v) is 5.17. The van der Waals surface area contributed by atoms with Crippen LogP contribution in [0.15, 0.2) is 23.8 Å². The van der Waals surface area contributed by atoms with Crippen LogP contribution < -0.4 is 0 Å². The van der Waals surface area contributed by atoms with E-state index in [9.17, 15) is 4.79 Å². The molecular weight excluding hydrogens is 438 g/mol. The van der Waals surface area contributed by atoms with Crippen molar-refractivity contribution in [2.75, 3.05) is 0 Å². The normalized spacial score (nSPS) is 31.4. The highest BCUT2D eigenvalue weighted by atomic mass is 16.7. The van der Waals surface area contributed by atoms with E-state index in [4.69, 9.17) is 19.8 Å². The Hall–Kier alpha value is -1.64. The first kappa shape index (κ1) is 31.4. The van der Waals surface area contributed by atoms with Crippen LogP contribution in [0.2, 0.25) is 0 Å². The van der Waals surface area contributed by atoms with Crippen molar-refractivity contribution in [3.63, 3.8) is 0 Å². The number of allylic oxidation sites excluding steroid dienone is 4. The lowest BCUT2D eigenvalue weighted by Crippen LogP contribution is -2.44. The highest BCUT2D eigenvalue weighted by Crippen LogP contribution is 2.44. The minimum atomic E-state index is -0.722. The predicted molar refractivity (Wildman–Crippen MR) is 143 cm³/mol. The van der Waals surface area contributed by atoms with E-state index in [0.717, 1.165) is 24.7 Å². The molecule has 0 bridgehead atoms. The van der Waals surface area contributed by atoms with E-state index in [1.165, 1.54) is 19.3 Å². The number of nitriles is 1. The molecule has 0 aromatic heterocycles. The van der Waals surface area contributed by atoms with Gasteiger partial charge in [-0.2, -0.15) is 5.26 Å². The molecule has 3 aliphatic rings. The van der Waals surface area contributed by atoms with Gasteiger partial charge >= 0.3 is 5.97 Å². The Bertz CT molecular complexity index is 761. The summed E-state index contributed by atoms with van der Waals surface area (Å²) in [7, 11) is 0. The van der Waals surface area contributed by atoms with Gasteiger partial charge in [0, 0.05) is 6.42 Å². The van der Waals surface area contributed by atoms with Crippen LogP contribution in [0.4, 0.5) is 0 Å². The molecule has 1 unspecified atom stereocenters. The lowest BCUT2D eigenvalue weighted by atomic mass is 9.66. The number of aliphatic carboxylic acids is 1. The van der Waals surface area contributed by atoms with Crippen molar-refractivity contribution in [2.24, 2.45) is 29.1 Å². The van der Waals surface area contributed by atoms with Crippen LogP contribution in [0.1, 0.15) is 107 Å². The first-order chi connectivity index (χ1) is 16.4. The van der Waals surface area contributed by atoms with Crippen LogP contribution in [0.3, 0.4) is 0 Å². The Morgan fingerprint density at radius 2 is 1.80 bits per heavy atom. The van der Waals surface area contributed by atoms with Crippen LogP contribution in [0.25, 0.3) is 0 Å². The molecule has 2 aliphatic carbocycles. The maximum atomic E-state index is 10.3. The van der Waals surface area contributed by atoms with Crippen LogP contribution in [0, 0.1) is 40.4 Å². The molecule has 3 rings (SSSR count). The van der Waals surface area contributed by atoms with Gasteiger partial charge in [-0.25, -0.2) is 0 Å². The monoisotopic (exact) mass is 489 g/mol. The van der Waals surface area contributed by atoms with Crippen molar-refractivity contribution < 1.29 is 19.4 Å². The van der Waals surface area contributed by atoms with E-state index in [1.54, 1.807) is 19.4 Å². The molecule has 1 saturated heterocycles. The van der Waals surface area contributed by atoms with Crippen molar-refractivity contribution in [1.82, 2.24) is 0 Å². The predicted octanol–water partition coefficient (Wildman–Crippen LogP) is 7.92. The van der Waals surface area contributed by atoms with Gasteiger partial charge in [-0.05, 0) is 89.0 Å². The van der Waals surface area contributed by atoms with Crippen molar-refractivity contribution in [3.8, 4) is 6.07 Å². The van der Waals surface area contributed by atoms with E-state index in [2.05, 4.69) is 38.1 Å². The molecule has 0 amide bonds. The molecule has 1 N–H and O–H groups in total.